The maximum absolute atomic E-state index is 6.05. The first-order valence-corrected chi connectivity index (χ1v) is 9.47. The number of benzene rings is 1. The number of halogens is 1. The van der Waals surface area contributed by atoms with Crippen LogP contribution >= 0.6 is 23.4 Å². The lowest BCUT2D eigenvalue weighted by Gasteiger charge is -2.29. The van der Waals surface area contributed by atoms with E-state index >= 15 is 0 Å². The smallest absolute Gasteiger partial charge is 0.249 e. The van der Waals surface area contributed by atoms with Gasteiger partial charge in [0.2, 0.25) is 11.7 Å². The molecule has 0 bridgehead atoms. The van der Waals surface area contributed by atoms with Crippen molar-refractivity contribution < 1.29 is 4.52 Å². The van der Waals surface area contributed by atoms with Gasteiger partial charge in [-0.1, -0.05) is 47.6 Å². The Hall–Kier alpha value is -1.53. The van der Waals surface area contributed by atoms with Crippen LogP contribution < -0.4 is 0 Å². The van der Waals surface area contributed by atoms with Crippen LogP contribution in [0.25, 0.3) is 11.4 Å². The van der Waals surface area contributed by atoms with Crippen LogP contribution in [0.1, 0.15) is 38.6 Å². The lowest BCUT2D eigenvalue weighted by atomic mass is 10.2. The summed E-state index contributed by atoms with van der Waals surface area (Å²) in [7, 11) is 1.84. The summed E-state index contributed by atoms with van der Waals surface area (Å²) < 4.78 is 5.54. The number of hydrogen-bond acceptors (Lipinski definition) is 5. The first kappa shape index (κ1) is 17.3. The van der Waals surface area contributed by atoms with Crippen molar-refractivity contribution in [3.63, 3.8) is 0 Å². The molecule has 5 nitrogen and oxygen atoms in total. The molecule has 24 heavy (non-hydrogen) atoms. The van der Waals surface area contributed by atoms with Gasteiger partial charge in [-0.05, 0) is 37.7 Å². The molecule has 0 spiro atoms. The number of nitrogens with zero attached hydrogens (tertiary/aromatic N) is 4. The van der Waals surface area contributed by atoms with Crippen molar-refractivity contribution in [1.29, 1.82) is 0 Å². The molecule has 0 saturated heterocycles. The highest BCUT2D eigenvalue weighted by molar-refractivity contribution is 8.13. The van der Waals surface area contributed by atoms with Gasteiger partial charge < -0.3 is 9.42 Å². The Balaban J connectivity index is 1.85. The van der Waals surface area contributed by atoms with Gasteiger partial charge in [-0.25, -0.2) is 0 Å². The number of aromatic nitrogens is 2. The second kappa shape index (κ2) is 7.57. The highest BCUT2D eigenvalue weighted by Crippen LogP contribution is 2.36. The largest absolute Gasteiger partial charge is 0.337 e. The SMILES string of the molecule is CCS/C(=N/C)N(C1CC1)C(C)c1nc(-c2cccc(Cl)c2)no1. The van der Waals surface area contributed by atoms with E-state index in [1.54, 1.807) is 11.8 Å². The minimum Gasteiger partial charge on any atom is -0.337 e. The number of aliphatic imine (C=N–C) groups is 1. The fraction of sp³-hybridized carbons (Fsp3) is 0.471. The Labute approximate surface area is 151 Å². The van der Waals surface area contributed by atoms with Gasteiger partial charge in [0.1, 0.15) is 6.04 Å². The van der Waals surface area contributed by atoms with E-state index in [2.05, 4.69) is 33.9 Å². The third-order valence-corrected chi connectivity index (χ3v) is 5.10. The quantitative estimate of drug-likeness (QED) is 0.570. The van der Waals surface area contributed by atoms with E-state index in [0.717, 1.165) is 16.5 Å². The Morgan fingerprint density at radius 3 is 2.92 bits per heavy atom. The van der Waals surface area contributed by atoms with Crippen LogP contribution in [0.3, 0.4) is 0 Å². The van der Waals surface area contributed by atoms with Crippen molar-refractivity contribution in [2.24, 2.45) is 4.99 Å². The molecule has 1 aliphatic carbocycles. The summed E-state index contributed by atoms with van der Waals surface area (Å²) in [4.78, 5) is 11.4. The maximum atomic E-state index is 6.05. The monoisotopic (exact) mass is 364 g/mol. The number of thioether (sulfide) groups is 1. The minimum atomic E-state index is -0.00400. The molecule has 1 fully saturated rings. The summed E-state index contributed by atoms with van der Waals surface area (Å²) in [6, 6.07) is 7.99. The van der Waals surface area contributed by atoms with Crippen molar-refractivity contribution >= 4 is 28.5 Å². The first-order valence-electron chi connectivity index (χ1n) is 8.11. The summed E-state index contributed by atoms with van der Waals surface area (Å²) in [6.45, 7) is 4.23. The summed E-state index contributed by atoms with van der Waals surface area (Å²) in [5.74, 6) is 2.16. The second-order valence-corrected chi connectivity index (χ2v) is 7.39. The Kier molecular flexibility index (Phi) is 5.46. The molecular formula is C17H21ClN4OS. The molecule has 0 amide bonds. The molecule has 1 atom stereocenters. The zero-order valence-electron chi connectivity index (χ0n) is 14.1. The highest BCUT2D eigenvalue weighted by atomic mass is 35.5. The summed E-state index contributed by atoms with van der Waals surface area (Å²) in [6.07, 6.45) is 2.37. The Morgan fingerprint density at radius 1 is 1.50 bits per heavy atom. The van der Waals surface area contributed by atoms with Crippen LogP contribution in [0.5, 0.6) is 0 Å². The van der Waals surface area contributed by atoms with Gasteiger partial charge in [0.05, 0.1) is 0 Å². The highest BCUT2D eigenvalue weighted by Gasteiger charge is 2.37. The van der Waals surface area contributed by atoms with Crippen molar-refractivity contribution in [2.45, 2.75) is 38.8 Å². The van der Waals surface area contributed by atoms with Gasteiger partial charge in [0.15, 0.2) is 5.17 Å². The molecule has 1 saturated carbocycles. The van der Waals surface area contributed by atoms with Crippen LogP contribution in [0.4, 0.5) is 0 Å². The average Bonchev–Trinajstić information content (AvgIpc) is 3.28. The van der Waals surface area contributed by atoms with E-state index in [1.165, 1.54) is 12.8 Å². The molecule has 1 aromatic heterocycles. The van der Waals surface area contributed by atoms with Crippen LogP contribution in [-0.4, -0.2) is 39.1 Å². The second-order valence-electron chi connectivity index (χ2n) is 5.72. The van der Waals surface area contributed by atoms with E-state index < -0.39 is 0 Å². The van der Waals surface area contributed by atoms with Crippen LogP contribution in [0.2, 0.25) is 5.02 Å². The van der Waals surface area contributed by atoms with Crippen LogP contribution in [-0.2, 0) is 0 Å². The zero-order chi connectivity index (χ0) is 17.1. The van der Waals surface area contributed by atoms with E-state index in [1.807, 2.05) is 31.3 Å². The molecule has 2 aromatic rings. The third kappa shape index (κ3) is 3.75. The molecule has 3 rings (SSSR count). The van der Waals surface area contributed by atoms with Crippen molar-refractivity contribution in [2.75, 3.05) is 12.8 Å². The van der Waals surface area contributed by atoms with Crippen LogP contribution in [0, 0.1) is 0 Å². The van der Waals surface area contributed by atoms with Gasteiger partial charge >= 0.3 is 0 Å². The summed E-state index contributed by atoms with van der Waals surface area (Å²) >= 11 is 7.80. The van der Waals surface area contributed by atoms with E-state index in [9.17, 15) is 0 Å². The van der Waals surface area contributed by atoms with Gasteiger partial charge in [-0.2, -0.15) is 4.98 Å². The molecule has 0 radical (unpaired) electrons. The third-order valence-electron chi connectivity index (χ3n) is 3.93. The number of rotatable bonds is 5. The van der Waals surface area contributed by atoms with Gasteiger partial charge in [-0.3, -0.25) is 4.99 Å². The average molecular weight is 365 g/mol. The van der Waals surface area contributed by atoms with Crippen molar-refractivity contribution in [3.8, 4) is 11.4 Å². The first-order chi connectivity index (χ1) is 11.6. The standard InChI is InChI=1S/C17H21ClN4OS/c1-4-24-17(19-3)22(14-8-9-14)11(2)16-20-15(21-23-16)12-6-5-7-13(18)10-12/h5-7,10-11,14H,4,8-9H2,1-3H3/b19-17+. The fourth-order valence-corrected chi connectivity index (χ4v) is 3.68. The van der Waals surface area contributed by atoms with E-state index in [0.29, 0.717) is 22.8 Å². The Bertz CT molecular complexity index is 729. The molecule has 1 heterocycles. The van der Waals surface area contributed by atoms with Gasteiger partial charge in [0, 0.05) is 23.7 Å². The number of hydrogen-bond donors (Lipinski definition) is 0. The van der Waals surface area contributed by atoms with Gasteiger partial charge in [-0.15, -0.1) is 0 Å². The minimum absolute atomic E-state index is 0.00400. The number of amidine groups is 1. The molecular weight excluding hydrogens is 344 g/mol. The predicted octanol–water partition coefficient (Wildman–Crippen LogP) is 4.65. The topological polar surface area (TPSA) is 54.5 Å². The fourth-order valence-electron chi connectivity index (χ4n) is 2.64. The normalized spacial score (nSPS) is 16.2. The molecule has 0 N–H and O–H groups in total. The summed E-state index contributed by atoms with van der Waals surface area (Å²) in [5, 5.41) is 5.82. The van der Waals surface area contributed by atoms with Crippen molar-refractivity contribution in [3.05, 3.63) is 35.2 Å². The lowest BCUT2D eigenvalue weighted by Crippen LogP contribution is -2.34. The molecule has 1 aromatic carbocycles. The zero-order valence-corrected chi connectivity index (χ0v) is 15.6. The van der Waals surface area contributed by atoms with Gasteiger partial charge in [0.25, 0.3) is 0 Å². The molecule has 1 unspecified atom stereocenters. The van der Waals surface area contributed by atoms with E-state index in [4.69, 9.17) is 16.1 Å². The summed E-state index contributed by atoms with van der Waals surface area (Å²) in [5.41, 5.74) is 0.856. The lowest BCUT2D eigenvalue weighted by molar-refractivity contribution is 0.254. The van der Waals surface area contributed by atoms with Crippen LogP contribution in [0.15, 0.2) is 33.8 Å². The predicted molar refractivity (Wildman–Crippen MR) is 99.5 cm³/mol. The molecule has 7 heteroatoms. The molecule has 0 aliphatic heterocycles. The maximum Gasteiger partial charge on any atom is 0.249 e. The van der Waals surface area contributed by atoms with E-state index in [-0.39, 0.29) is 6.04 Å². The molecule has 1 aliphatic rings. The molecule has 128 valence electrons. The Morgan fingerprint density at radius 2 is 2.29 bits per heavy atom. The van der Waals surface area contributed by atoms with Crippen molar-refractivity contribution in [1.82, 2.24) is 15.0 Å².